The van der Waals surface area contributed by atoms with Crippen molar-refractivity contribution in [1.82, 2.24) is 14.1 Å². The van der Waals surface area contributed by atoms with Gasteiger partial charge in [0, 0.05) is 43.7 Å². The van der Waals surface area contributed by atoms with Crippen LogP contribution in [0.15, 0.2) is 39.2 Å². The Morgan fingerprint density at radius 2 is 1.93 bits per heavy atom. The van der Waals surface area contributed by atoms with E-state index in [1.807, 2.05) is 36.6 Å². The summed E-state index contributed by atoms with van der Waals surface area (Å²) in [6.45, 7) is 2.69. The molecular weight excluding hydrogens is 404 g/mol. The second kappa shape index (κ2) is 7.79. The Kier molecular flexibility index (Phi) is 5.17. The highest BCUT2D eigenvalue weighted by Crippen LogP contribution is 2.26. The first-order chi connectivity index (χ1) is 14.3. The van der Waals surface area contributed by atoms with Crippen LogP contribution in [0.3, 0.4) is 0 Å². The fourth-order valence-corrected chi connectivity index (χ4v) is 4.06. The van der Waals surface area contributed by atoms with Crippen molar-refractivity contribution in [3.05, 3.63) is 55.5 Å². The maximum absolute atomic E-state index is 12.5. The molecule has 0 radical (unpaired) electrons. The normalized spacial score (nSPS) is 12.6. The van der Waals surface area contributed by atoms with Crippen molar-refractivity contribution in [2.45, 2.75) is 13.3 Å². The largest absolute Gasteiger partial charge is 0.352 e. The van der Waals surface area contributed by atoms with Crippen molar-refractivity contribution in [2.75, 3.05) is 28.7 Å². The van der Waals surface area contributed by atoms with Crippen LogP contribution in [0.25, 0.3) is 11.3 Å². The summed E-state index contributed by atoms with van der Waals surface area (Å²) in [5, 5.41) is 8.96. The Balaban J connectivity index is 1.40. The Labute approximate surface area is 176 Å². The topological polar surface area (TPSA) is 101 Å². The maximum Gasteiger partial charge on any atom is 0.332 e. The Hall–Kier alpha value is -3.40. The second-order valence-corrected chi connectivity index (χ2v) is 8.19. The van der Waals surface area contributed by atoms with Crippen LogP contribution in [0.4, 0.5) is 17.2 Å². The molecule has 156 valence electrons. The molecule has 3 heterocycles. The van der Waals surface area contributed by atoms with E-state index >= 15 is 0 Å². The molecule has 0 fully saturated rings. The molecule has 9 nitrogen and oxygen atoms in total. The molecular formula is C20H22N6O3S. The van der Waals surface area contributed by atoms with E-state index in [4.69, 9.17) is 0 Å². The van der Waals surface area contributed by atoms with E-state index in [9.17, 15) is 14.4 Å². The van der Waals surface area contributed by atoms with Crippen LogP contribution in [0.1, 0.15) is 11.4 Å². The number of carbonyl (C=O) groups excluding carboxylic acids is 1. The molecule has 0 bridgehead atoms. The molecule has 1 amide bonds. The van der Waals surface area contributed by atoms with Crippen LogP contribution >= 0.6 is 11.3 Å². The van der Waals surface area contributed by atoms with Crippen LogP contribution in [0.2, 0.25) is 0 Å². The SMILES string of the molecule is Cc1nc(-c2ccc(NC(=O)CCN3CNc4c3c(=O)n(C)c(=O)n4C)cc2)cs1. The second-order valence-electron chi connectivity index (χ2n) is 7.13. The van der Waals surface area contributed by atoms with E-state index in [2.05, 4.69) is 15.6 Å². The number of anilines is 3. The summed E-state index contributed by atoms with van der Waals surface area (Å²) in [5.74, 6) is 0.332. The number of aromatic nitrogens is 3. The third-order valence-electron chi connectivity index (χ3n) is 5.09. The molecule has 0 spiro atoms. The van der Waals surface area contributed by atoms with Crippen LogP contribution in [0.5, 0.6) is 0 Å². The highest BCUT2D eigenvalue weighted by molar-refractivity contribution is 7.09. The minimum atomic E-state index is -0.387. The molecule has 30 heavy (non-hydrogen) atoms. The molecule has 1 aliphatic heterocycles. The van der Waals surface area contributed by atoms with E-state index in [1.165, 1.54) is 11.6 Å². The number of amides is 1. The number of rotatable bonds is 5. The van der Waals surface area contributed by atoms with Gasteiger partial charge >= 0.3 is 5.69 Å². The molecule has 2 N–H and O–H groups in total. The average molecular weight is 427 g/mol. The first-order valence-corrected chi connectivity index (χ1v) is 10.3. The number of nitrogens with zero attached hydrogens (tertiary/aromatic N) is 4. The van der Waals surface area contributed by atoms with Gasteiger partial charge in [-0.3, -0.25) is 18.7 Å². The van der Waals surface area contributed by atoms with Crippen molar-refractivity contribution in [2.24, 2.45) is 14.1 Å². The van der Waals surface area contributed by atoms with Gasteiger partial charge in [-0.1, -0.05) is 12.1 Å². The Morgan fingerprint density at radius 1 is 1.20 bits per heavy atom. The summed E-state index contributed by atoms with van der Waals surface area (Å²) in [4.78, 5) is 43.2. The van der Waals surface area contributed by atoms with Crippen LogP contribution < -0.4 is 26.8 Å². The van der Waals surface area contributed by atoms with Gasteiger partial charge in [-0.05, 0) is 19.1 Å². The van der Waals surface area contributed by atoms with Gasteiger partial charge in [0.15, 0.2) is 0 Å². The molecule has 3 aromatic rings. The summed E-state index contributed by atoms with van der Waals surface area (Å²) in [6.07, 6.45) is 0.208. The van der Waals surface area contributed by atoms with Gasteiger partial charge in [0.05, 0.1) is 17.4 Å². The summed E-state index contributed by atoms with van der Waals surface area (Å²) in [7, 11) is 3.06. The number of hydrogen-bond donors (Lipinski definition) is 2. The number of nitrogens with one attached hydrogen (secondary N) is 2. The summed E-state index contributed by atoms with van der Waals surface area (Å²) >= 11 is 1.60. The predicted molar refractivity (Wildman–Crippen MR) is 118 cm³/mol. The molecule has 0 atom stereocenters. The van der Waals surface area contributed by atoms with Gasteiger partial charge in [-0.15, -0.1) is 11.3 Å². The fourth-order valence-electron chi connectivity index (χ4n) is 3.43. The summed E-state index contributed by atoms with van der Waals surface area (Å²) in [5.41, 5.74) is 2.28. The molecule has 1 aromatic carbocycles. The number of aryl methyl sites for hydroxylation is 1. The number of fused-ring (bicyclic) bond motifs is 1. The van der Waals surface area contributed by atoms with E-state index < -0.39 is 0 Å². The zero-order chi connectivity index (χ0) is 21.4. The molecule has 1 aliphatic rings. The Morgan fingerprint density at radius 3 is 2.60 bits per heavy atom. The quantitative estimate of drug-likeness (QED) is 0.644. The minimum absolute atomic E-state index is 0.151. The molecule has 0 unspecified atom stereocenters. The van der Waals surface area contributed by atoms with Gasteiger partial charge in [0.2, 0.25) is 5.91 Å². The third kappa shape index (κ3) is 3.61. The van der Waals surface area contributed by atoms with Crippen molar-refractivity contribution < 1.29 is 4.79 Å². The lowest BCUT2D eigenvalue weighted by atomic mass is 10.1. The predicted octanol–water partition coefficient (Wildman–Crippen LogP) is 1.73. The van der Waals surface area contributed by atoms with E-state index in [1.54, 1.807) is 23.3 Å². The fraction of sp³-hybridized carbons (Fsp3) is 0.300. The maximum atomic E-state index is 12.5. The lowest BCUT2D eigenvalue weighted by Crippen LogP contribution is -2.39. The minimum Gasteiger partial charge on any atom is -0.352 e. The number of benzene rings is 1. The zero-order valence-electron chi connectivity index (χ0n) is 16.9. The molecule has 10 heteroatoms. The molecule has 2 aromatic heterocycles. The Bertz CT molecular complexity index is 1220. The van der Waals surface area contributed by atoms with E-state index in [0.29, 0.717) is 30.4 Å². The monoisotopic (exact) mass is 426 g/mol. The van der Waals surface area contributed by atoms with E-state index in [-0.39, 0.29) is 23.6 Å². The van der Waals surface area contributed by atoms with Crippen molar-refractivity contribution in [3.63, 3.8) is 0 Å². The van der Waals surface area contributed by atoms with Crippen LogP contribution in [0, 0.1) is 6.92 Å². The first-order valence-electron chi connectivity index (χ1n) is 9.46. The van der Waals surface area contributed by atoms with Gasteiger partial charge in [0.25, 0.3) is 5.56 Å². The van der Waals surface area contributed by atoms with Crippen LogP contribution in [-0.2, 0) is 18.9 Å². The van der Waals surface area contributed by atoms with Crippen molar-refractivity contribution in [3.8, 4) is 11.3 Å². The van der Waals surface area contributed by atoms with E-state index in [0.717, 1.165) is 20.8 Å². The van der Waals surface area contributed by atoms with Gasteiger partial charge < -0.3 is 15.5 Å². The number of thiazole rings is 1. The standard InChI is InChI=1S/C20H22N6O3S/c1-12-22-15(10-30-12)13-4-6-14(7-5-13)23-16(27)8-9-26-11-21-18-17(26)19(28)25(3)20(29)24(18)2/h4-7,10,21H,8-9,11H2,1-3H3,(H,23,27). The first kappa shape index (κ1) is 19.9. The van der Waals surface area contributed by atoms with Crippen LogP contribution in [-0.4, -0.2) is 33.2 Å². The molecule has 0 aliphatic carbocycles. The zero-order valence-corrected chi connectivity index (χ0v) is 17.7. The molecule has 4 rings (SSSR count). The van der Waals surface area contributed by atoms with Crippen molar-refractivity contribution >= 4 is 34.4 Å². The van der Waals surface area contributed by atoms with Gasteiger partial charge in [-0.2, -0.15) is 0 Å². The average Bonchev–Trinajstić information content (AvgIpc) is 3.36. The number of carbonyl (C=O) groups is 1. The lowest BCUT2D eigenvalue weighted by Gasteiger charge is -2.17. The van der Waals surface area contributed by atoms with Crippen molar-refractivity contribution in [1.29, 1.82) is 0 Å². The molecule has 0 saturated carbocycles. The highest BCUT2D eigenvalue weighted by atomic mass is 32.1. The number of hydrogen-bond acceptors (Lipinski definition) is 7. The highest BCUT2D eigenvalue weighted by Gasteiger charge is 2.26. The van der Waals surface area contributed by atoms with Gasteiger partial charge in [0.1, 0.15) is 11.5 Å². The summed E-state index contributed by atoms with van der Waals surface area (Å²) in [6, 6.07) is 7.55. The third-order valence-corrected chi connectivity index (χ3v) is 5.86. The summed E-state index contributed by atoms with van der Waals surface area (Å²) < 4.78 is 2.48. The van der Waals surface area contributed by atoms with Gasteiger partial charge in [-0.25, -0.2) is 9.78 Å². The lowest BCUT2D eigenvalue weighted by molar-refractivity contribution is -0.116. The molecule has 0 saturated heterocycles. The smallest absolute Gasteiger partial charge is 0.332 e.